The number of unbranched alkanes of at least 4 members (excludes halogenated alkanes) is 1. The molecule has 0 aliphatic rings. The summed E-state index contributed by atoms with van der Waals surface area (Å²) in [5, 5.41) is 11.5. The van der Waals surface area contributed by atoms with Gasteiger partial charge < -0.3 is 15.2 Å². The minimum absolute atomic E-state index is 0.204. The van der Waals surface area contributed by atoms with Crippen molar-refractivity contribution in [2.75, 3.05) is 6.61 Å². The van der Waals surface area contributed by atoms with Crippen molar-refractivity contribution in [3.05, 3.63) is 42.0 Å². The van der Waals surface area contributed by atoms with Crippen LogP contribution in [0, 0.1) is 0 Å². The standard InChI is InChI=1S/C16H21NO4/c1-3-5-10-21-16(20)17-14(15(18)19)11-13-8-6-12(4-2)7-9-13/h4,6-9,14H,2-3,5,10-11H2,1H3,(H,17,20)(H,18,19)/t14-/m0/s1. The molecule has 114 valence electrons. The van der Waals surface area contributed by atoms with Gasteiger partial charge in [-0.15, -0.1) is 0 Å². The number of carboxylic acids is 1. The molecule has 1 amide bonds. The second-order valence-electron chi connectivity index (χ2n) is 4.67. The molecule has 5 nitrogen and oxygen atoms in total. The average Bonchev–Trinajstić information content (AvgIpc) is 2.47. The fourth-order valence-corrected chi connectivity index (χ4v) is 1.72. The lowest BCUT2D eigenvalue weighted by Gasteiger charge is -2.14. The molecule has 0 aliphatic heterocycles. The number of carboxylic acid groups (broad SMARTS) is 1. The first kappa shape index (κ1) is 16.8. The van der Waals surface area contributed by atoms with Crippen LogP contribution in [0.25, 0.3) is 6.08 Å². The van der Waals surface area contributed by atoms with Crippen LogP contribution in [0.5, 0.6) is 0 Å². The first-order valence-electron chi connectivity index (χ1n) is 6.94. The molecule has 1 rings (SSSR count). The third-order valence-electron chi connectivity index (χ3n) is 2.98. The van der Waals surface area contributed by atoms with Gasteiger partial charge in [0.25, 0.3) is 0 Å². The predicted octanol–water partition coefficient (Wildman–Crippen LogP) is 2.85. The van der Waals surface area contributed by atoms with Gasteiger partial charge in [0, 0.05) is 6.42 Å². The minimum Gasteiger partial charge on any atom is -0.480 e. The number of rotatable bonds is 8. The number of carbonyl (C=O) groups excluding carboxylic acids is 1. The highest BCUT2D eigenvalue weighted by Crippen LogP contribution is 2.08. The zero-order valence-electron chi connectivity index (χ0n) is 12.2. The zero-order chi connectivity index (χ0) is 15.7. The van der Waals surface area contributed by atoms with Crippen LogP contribution in [-0.2, 0) is 16.0 Å². The van der Waals surface area contributed by atoms with Crippen LogP contribution >= 0.6 is 0 Å². The first-order chi connectivity index (χ1) is 10.1. The maximum atomic E-state index is 11.5. The van der Waals surface area contributed by atoms with Crippen molar-refractivity contribution in [1.29, 1.82) is 0 Å². The van der Waals surface area contributed by atoms with Crippen LogP contribution in [0.15, 0.2) is 30.8 Å². The Labute approximate surface area is 124 Å². The summed E-state index contributed by atoms with van der Waals surface area (Å²) in [6.07, 6.45) is 2.88. The summed E-state index contributed by atoms with van der Waals surface area (Å²) in [6.45, 7) is 5.93. The van der Waals surface area contributed by atoms with E-state index in [-0.39, 0.29) is 6.42 Å². The molecule has 0 radical (unpaired) electrons. The quantitative estimate of drug-likeness (QED) is 0.722. The lowest BCUT2D eigenvalue weighted by atomic mass is 10.0. The van der Waals surface area contributed by atoms with Crippen LogP contribution in [0.2, 0.25) is 0 Å². The summed E-state index contributed by atoms with van der Waals surface area (Å²) in [6, 6.07) is 6.32. The van der Waals surface area contributed by atoms with Crippen molar-refractivity contribution in [3.63, 3.8) is 0 Å². The van der Waals surface area contributed by atoms with Crippen molar-refractivity contribution in [2.45, 2.75) is 32.2 Å². The molecule has 0 spiro atoms. The molecular weight excluding hydrogens is 270 g/mol. The zero-order valence-corrected chi connectivity index (χ0v) is 12.2. The molecule has 0 fully saturated rings. The molecule has 0 heterocycles. The molecule has 0 saturated carbocycles. The average molecular weight is 291 g/mol. The van der Waals surface area contributed by atoms with Crippen molar-refractivity contribution in [1.82, 2.24) is 5.32 Å². The van der Waals surface area contributed by atoms with Gasteiger partial charge in [-0.2, -0.15) is 0 Å². The molecule has 0 aliphatic carbocycles. The van der Waals surface area contributed by atoms with Gasteiger partial charge in [-0.3, -0.25) is 0 Å². The van der Waals surface area contributed by atoms with Crippen LogP contribution in [-0.4, -0.2) is 29.8 Å². The number of benzene rings is 1. The summed E-state index contributed by atoms with van der Waals surface area (Å²) in [5.41, 5.74) is 1.78. The summed E-state index contributed by atoms with van der Waals surface area (Å²) >= 11 is 0. The summed E-state index contributed by atoms with van der Waals surface area (Å²) < 4.78 is 4.91. The molecule has 0 saturated heterocycles. The first-order valence-corrected chi connectivity index (χ1v) is 6.94. The van der Waals surface area contributed by atoms with Crippen LogP contribution in [0.3, 0.4) is 0 Å². The third-order valence-corrected chi connectivity index (χ3v) is 2.98. The molecule has 5 heteroatoms. The maximum Gasteiger partial charge on any atom is 0.407 e. The Hall–Kier alpha value is -2.30. The van der Waals surface area contributed by atoms with Gasteiger partial charge in [0.1, 0.15) is 6.04 Å². The van der Waals surface area contributed by atoms with Crippen LogP contribution in [0.4, 0.5) is 4.79 Å². The molecule has 2 N–H and O–H groups in total. The Kier molecular flexibility index (Phi) is 7.01. The molecule has 1 aromatic rings. The highest BCUT2D eigenvalue weighted by Gasteiger charge is 2.21. The van der Waals surface area contributed by atoms with Gasteiger partial charge in [0.05, 0.1) is 6.61 Å². The molecule has 21 heavy (non-hydrogen) atoms. The fraction of sp³-hybridized carbons (Fsp3) is 0.375. The third kappa shape index (κ3) is 6.12. The number of ether oxygens (including phenoxy) is 1. The van der Waals surface area contributed by atoms with Crippen molar-refractivity contribution in [3.8, 4) is 0 Å². The molecular formula is C16H21NO4. The van der Waals surface area contributed by atoms with E-state index >= 15 is 0 Å². The van der Waals surface area contributed by atoms with Gasteiger partial charge in [0.2, 0.25) is 0 Å². The number of aliphatic carboxylic acids is 1. The lowest BCUT2D eigenvalue weighted by molar-refractivity contribution is -0.139. The molecule has 1 atom stereocenters. The Morgan fingerprint density at radius 3 is 2.57 bits per heavy atom. The van der Waals surface area contributed by atoms with E-state index in [9.17, 15) is 9.59 Å². The van der Waals surface area contributed by atoms with Gasteiger partial charge in [-0.25, -0.2) is 9.59 Å². The van der Waals surface area contributed by atoms with Gasteiger partial charge in [-0.05, 0) is 17.5 Å². The number of amides is 1. The van der Waals surface area contributed by atoms with E-state index in [1.807, 2.05) is 31.2 Å². The number of hydrogen-bond acceptors (Lipinski definition) is 3. The van der Waals surface area contributed by atoms with E-state index < -0.39 is 18.1 Å². The summed E-state index contributed by atoms with van der Waals surface area (Å²) in [7, 11) is 0. The Bertz CT molecular complexity index is 482. The van der Waals surface area contributed by atoms with E-state index in [2.05, 4.69) is 11.9 Å². The van der Waals surface area contributed by atoms with E-state index in [0.29, 0.717) is 6.61 Å². The lowest BCUT2D eigenvalue weighted by Crippen LogP contribution is -2.42. The van der Waals surface area contributed by atoms with Crippen molar-refractivity contribution < 1.29 is 19.4 Å². The largest absolute Gasteiger partial charge is 0.480 e. The van der Waals surface area contributed by atoms with Gasteiger partial charge >= 0.3 is 12.1 Å². The second kappa shape index (κ2) is 8.79. The number of nitrogens with one attached hydrogen (secondary N) is 1. The molecule has 0 aromatic heterocycles. The highest BCUT2D eigenvalue weighted by atomic mass is 16.5. The summed E-state index contributed by atoms with van der Waals surface area (Å²) in [4.78, 5) is 22.7. The van der Waals surface area contributed by atoms with E-state index in [1.54, 1.807) is 6.08 Å². The number of hydrogen-bond donors (Lipinski definition) is 2. The topological polar surface area (TPSA) is 75.6 Å². The van der Waals surface area contributed by atoms with Gasteiger partial charge in [-0.1, -0.05) is 50.3 Å². The van der Waals surface area contributed by atoms with E-state index in [1.165, 1.54) is 0 Å². The minimum atomic E-state index is -1.09. The second-order valence-corrected chi connectivity index (χ2v) is 4.67. The SMILES string of the molecule is C=Cc1ccc(C[C@H](NC(=O)OCCCC)C(=O)O)cc1. The Morgan fingerprint density at radius 1 is 1.38 bits per heavy atom. The molecule has 1 aromatic carbocycles. The molecule has 0 bridgehead atoms. The van der Waals surface area contributed by atoms with Crippen LogP contribution in [0.1, 0.15) is 30.9 Å². The Morgan fingerprint density at radius 2 is 2.05 bits per heavy atom. The number of alkyl carbamates (subject to hydrolysis) is 1. The highest BCUT2D eigenvalue weighted by molar-refractivity contribution is 5.80. The smallest absolute Gasteiger partial charge is 0.407 e. The molecule has 0 unspecified atom stereocenters. The predicted molar refractivity (Wildman–Crippen MR) is 81.1 cm³/mol. The van der Waals surface area contributed by atoms with Crippen molar-refractivity contribution in [2.24, 2.45) is 0 Å². The van der Waals surface area contributed by atoms with Gasteiger partial charge in [0.15, 0.2) is 0 Å². The van der Waals surface area contributed by atoms with Crippen molar-refractivity contribution >= 4 is 18.1 Å². The number of carbonyl (C=O) groups is 2. The maximum absolute atomic E-state index is 11.5. The Balaban J connectivity index is 2.58. The van der Waals surface area contributed by atoms with E-state index in [0.717, 1.165) is 24.0 Å². The van der Waals surface area contributed by atoms with Crippen LogP contribution < -0.4 is 5.32 Å². The normalized spacial score (nSPS) is 11.5. The monoisotopic (exact) mass is 291 g/mol. The summed E-state index contributed by atoms with van der Waals surface area (Å²) in [5.74, 6) is -1.09. The fourth-order valence-electron chi connectivity index (χ4n) is 1.72. The van der Waals surface area contributed by atoms with E-state index in [4.69, 9.17) is 9.84 Å².